The van der Waals surface area contributed by atoms with Crippen LogP contribution in [-0.4, -0.2) is 45.4 Å². The van der Waals surface area contributed by atoms with Gasteiger partial charge in [0.05, 0.1) is 6.21 Å². The number of benzene rings is 1. The molecule has 1 aliphatic heterocycles. The fraction of sp³-hybridized carbons (Fsp3) is 0.333. The summed E-state index contributed by atoms with van der Waals surface area (Å²) in [5.41, 5.74) is 0.639. The predicted molar refractivity (Wildman–Crippen MR) is 87.9 cm³/mol. The first-order valence-electron chi connectivity index (χ1n) is 7.42. The standard InChI is InChI=1S/C15H16N4O4S/c20-13(21)9-23-11-5-2-1-4-10(11)8-16-19-14(17-18-15(19)24)12-6-3-7-22-12/h1-2,4-5,8,12H,3,6-7,9H2,(H,18,24)(H,20,21)/b16-8-/t12-/m1/s1. The number of H-pyrrole nitrogens is 1. The summed E-state index contributed by atoms with van der Waals surface area (Å²) in [7, 11) is 0. The van der Waals surface area contributed by atoms with Gasteiger partial charge in [0.15, 0.2) is 12.4 Å². The number of carbonyl (C=O) groups is 1. The third-order valence-corrected chi connectivity index (χ3v) is 3.74. The van der Waals surface area contributed by atoms with Crippen LogP contribution in [0.15, 0.2) is 29.4 Å². The Morgan fingerprint density at radius 1 is 1.58 bits per heavy atom. The fourth-order valence-electron chi connectivity index (χ4n) is 2.38. The van der Waals surface area contributed by atoms with Crippen LogP contribution >= 0.6 is 12.2 Å². The van der Waals surface area contributed by atoms with Crippen LogP contribution in [0.1, 0.15) is 30.3 Å². The van der Waals surface area contributed by atoms with Crippen molar-refractivity contribution in [3.05, 3.63) is 40.4 Å². The fourth-order valence-corrected chi connectivity index (χ4v) is 2.57. The maximum absolute atomic E-state index is 10.7. The van der Waals surface area contributed by atoms with Crippen molar-refractivity contribution in [2.45, 2.75) is 18.9 Å². The minimum atomic E-state index is -1.04. The van der Waals surface area contributed by atoms with Crippen molar-refractivity contribution in [1.82, 2.24) is 14.9 Å². The van der Waals surface area contributed by atoms with Gasteiger partial charge in [0.2, 0.25) is 4.77 Å². The van der Waals surface area contributed by atoms with Crippen LogP contribution in [0, 0.1) is 4.77 Å². The molecule has 0 radical (unpaired) electrons. The minimum Gasteiger partial charge on any atom is -0.481 e. The minimum absolute atomic E-state index is 0.131. The second kappa shape index (κ2) is 7.37. The van der Waals surface area contributed by atoms with Gasteiger partial charge in [-0.15, -0.1) is 0 Å². The van der Waals surface area contributed by atoms with E-state index in [1.807, 2.05) is 6.07 Å². The first kappa shape index (κ1) is 16.3. The number of hydrogen-bond donors (Lipinski definition) is 2. The molecule has 0 amide bonds. The Morgan fingerprint density at radius 3 is 3.17 bits per heavy atom. The number of nitrogens with zero attached hydrogens (tertiary/aromatic N) is 3. The maximum atomic E-state index is 10.7. The molecule has 0 bridgehead atoms. The Balaban J connectivity index is 1.85. The summed E-state index contributed by atoms with van der Waals surface area (Å²) < 4.78 is 12.7. The van der Waals surface area contributed by atoms with E-state index in [9.17, 15) is 4.79 Å². The van der Waals surface area contributed by atoms with E-state index in [1.165, 1.54) is 4.68 Å². The van der Waals surface area contributed by atoms with Gasteiger partial charge in [0.25, 0.3) is 0 Å². The van der Waals surface area contributed by atoms with E-state index < -0.39 is 12.6 Å². The third-order valence-electron chi connectivity index (χ3n) is 3.48. The molecule has 1 aromatic heterocycles. The van der Waals surface area contributed by atoms with Crippen LogP contribution in [0.2, 0.25) is 0 Å². The average molecular weight is 348 g/mol. The van der Waals surface area contributed by atoms with E-state index in [2.05, 4.69) is 15.3 Å². The number of hydrogen-bond acceptors (Lipinski definition) is 6. The molecule has 1 aromatic carbocycles. The van der Waals surface area contributed by atoms with Gasteiger partial charge in [0.1, 0.15) is 11.9 Å². The first-order chi connectivity index (χ1) is 11.6. The number of carboxylic acids is 1. The van der Waals surface area contributed by atoms with Gasteiger partial charge in [0, 0.05) is 12.2 Å². The molecule has 2 N–H and O–H groups in total. The van der Waals surface area contributed by atoms with Crippen molar-refractivity contribution >= 4 is 24.4 Å². The Morgan fingerprint density at radius 2 is 2.42 bits per heavy atom. The van der Waals surface area contributed by atoms with E-state index in [0.717, 1.165) is 12.8 Å². The molecule has 2 aromatic rings. The van der Waals surface area contributed by atoms with Gasteiger partial charge in [-0.3, -0.25) is 5.10 Å². The number of rotatable bonds is 6. The smallest absolute Gasteiger partial charge is 0.341 e. The molecule has 8 nitrogen and oxygen atoms in total. The van der Waals surface area contributed by atoms with E-state index >= 15 is 0 Å². The second-order valence-corrected chi connectivity index (χ2v) is 5.55. The lowest BCUT2D eigenvalue weighted by atomic mass is 10.2. The van der Waals surface area contributed by atoms with Gasteiger partial charge >= 0.3 is 5.97 Å². The van der Waals surface area contributed by atoms with Crippen molar-refractivity contribution in [2.24, 2.45) is 5.10 Å². The van der Waals surface area contributed by atoms with E-state index in [4.69, 9.17) is 26.8 Å². The molecule has 1 saturated heterocycles. The molecule has 3 rings (SSSR count). The second-order valence-electron chi connectivity index (χ2n) is 5.17. The highest BCUT2D eigenvalue weighted by Gasteiger charge is 2.23. The van der Waals surface area contributed by atoms with Crippen molar-refractivity contribution in [1.29, 1.82) is 0 Å². The Bertz CT molecular complexity index is 808. The number of nitrogens with one attached hydrogen (secondary N) is 1. The lowest BCUT2D eigenvalue weighted by Crippen LogP contribution is -2.10. The van der Waals surface area contributed by atoms with E-state index in [0.29, 0.717) is 28.5 Å². The molecule has 0 spiro atoms. The number of ether oxygens (including phenoxy) is 2. The normalized spacial score (nSPS) is 17.4. The molecular weight excluding hydrogens is 332 g/mol. The topological polar surface area (TPSA) is 102 Å². The highest BCUT2D eigenvalue weighted by Crippen LogP contribution is 2.27. The summed E-state index contributed by atoms with van der Waals surface area (Å²) >= 11 is 5.21. The molecule has 126 valence electrons. The van der Waals surface area contributed by atoms with Gasteiger partial charge < -0.3 is 14.6 Å². The Kier molecular flexibility index (Phi) is 5.02. The van der Waals surface area contributed by atoms with Crippen LogP contribution in [0.5, 0.6) is 5.75 Å². The quantitative estimate of drug-likeness (QED) is 0.612. The van der Waals surface area contributed by atoms with Gasteiger partial charge in [-0.2, -0.15) is 14.9 Å². The van der Waals surface area contributed by atoms with Crippen molar-refractivity contribution in [3.8, 4) is 5.75 Å². The van der Waals surface area contributed by atoms with Crippen LogP contribution in [-0.2, 0) is 9.53 Å². The van der Waals surface area contributed by atoms with Gasteiger partial charge in [-0.25, -0.2) is 4.79 Å². The number of aromatic nitrogens is 3. The Labute approximate surface area is 142 Å². The molecule has 9 heteroatoms. The van der Waals surface area contributed by atoms with Crippen LogP contribution in [0.4, 0.5) is 0 Å². The zero-order chi connectivity index (χ0) is 16.9. The number of aromatic amines is 1. The van der Waals surface area contributed by atoms with Gasteiger partial charge in [-0.05, 0) is 37.2 Å². The van der Waals surface area contributed by atoms with Crippen molar-refractivity contribution in [3.63, 3.8) is 0 Å². The third kappa shape index (κ3) is 3.69. The summed E-state index contributed by atoms with van der Waals surface area (Å²) in [4.78, 5) is 10.7. The van der Waals surface area contributed by atoms with Gasteiger partial charge in [-0.1, -0.05) is 12.1 Å². The van der Waals surface area contributed by atoms with Crippen LogP contribution < -0.4 is 4.74 Å². The number of carboxylic acid groups (broad SMARTS) is 1. The molecule has 0 unspecified atom stereocenters. The average Bonchev–Trinajstić information content (AvgIpc) is 3.21. The summed E-state index contributed by atoms with van der Waals surface area (Å²) in [6.07, 6.45) is 3.27. The molecule has 1 fully saturated rings. The SMILES string of the molecule is O=C(O)COc1ccccc1/C=N\n1c([C@H]2CCCO2)n[nH]c1=S. The molecule has 1 atom stereocenters. The molecule has 1 aliphatic rings. The molecule has 0 saturated carbocycles. The van der Waals surface area contributed by atoms with E-state index in [1.54, 1.807) is 24.4 Å². The molecule has 2 heterocycles. The molecule has 0 aliphatic carbocycles. The van der Waals surface area contributed by atoms with Crippen molar-refractivity contribution in [2.75, 3.05) is 13.2 Å². The van der Waals surface area contributed by atoms with Crippen molar-refractivity contribution < 1.29 is 19.4 Å². The monoisotopic (exact) mass is 348 g/mol. The van der Waals surface area contributed by atoms with Crippen LogP contribution in [0.25, 0.3) is 0 Å². The predicted octanol–water partition coefficient (Wildman–Crippen LogP) is 2.14. The zero-order valence-electron chi connectivity index (χ0n) is 12.7. The lowest BCUT2D eigenvalue weighted by molar-refractivity contribution is -0.139. The summed E-state index contributed by atoms with van der Waals surface area (Å²) in [6.45, 7) is 0.275. The Hall–Kier alpha value is -2.52. The first-order valence-corrected chi connectivity index (χ1v) is 7.83. The highest BCUT2D eigenvalue weighted by molar-refractivity contribution is 7.71. The summed E-state index contributed by atoms with van der Waals surface area (Å²) in [6, 6.07) is 7.02. The number of aliphatic carboxylic acids is 1. The molecule has 24 heavy (non-hydrogen) atoms. The summed E-state index contributed by atoms with van der Waals surface area (Å²) in [5, 5.41) is 20.0. The van der Waals surface area contributed by atoms with Crippen LogP contribution in [0.3, 0.4) is 0 Å². The largest absolute Gasteiger partial charge is 0.481 e. The lowest BCUT2D eigenvalue weighted by Gasteiger charge is -2.08. The highest BCUT2D eigenvalue weighted by atomic mass is 32.1. The summed E-state index contributed by atoms with van der Waals surface area (Å²) in [5.74, 6) is 0.00878. The zero-order valence-corrected chi connectivity index (χ0v) is 13.5. The number of para-hydroxylation sites is 1. The maximum Gasteiger partial charge on any atom is 0.341 e. The molecular formula is C15H16N4O4S. The van der Waals surface area contributed by atoms with E-state index in [-0.39, 0.29) is 6.10 Å².